The van der Waals surface area contributed by atoms with Gasteiger partial charge in [0.25, 0.3) is 0 Å². The van der Waals surface area contributed by atoms with E-state index in [1.54, 1.807) is 11.3 Å². The maximum absolute atomic E-state index is 4.30. The van der Waals surface area contributed by atoms with Crippen LogP contribution in [0.25, 0.3) is 0 Å². The molecule has 3 heteroatoms. The lowest BCUT2D eigenvalue weighted by Crippen LogP contribution is -2.21. The average Bonchev–Trinajstić information content (AvgIpc) is 2.39. The Labute approximate surface area is 71.9 Å². The molecule has 0 aliphatic heterocycles. The summed E-state index contributed by atoms with van der Waals surface area (Å²) in [6.07, 6.45) is 1.93. The number of nitrogens with zero attached hydrogens (tertiary/aromatic N) is 2. The fourth-order valence-corrected chi connectivity index (χ4v) is 1.87. The summed E-state index contributed by atoms with van der Waals surface area (Å²) < 4.78 is 0. The third kappa shape index (κ3) is 1.93. The Morgan fingerprint density at radius 2 is 2.09 bits per heavy atom. The van der Waals surface area contributed by atoms with Crippen molar-refractivity contribution in [1.29, 1.82) is 0 Å². The van der Waals surface area contributed by atoms with E-state index in [-0.39, 0.29) is 0 Å². The second-order valence-electron chi connectivity index (χ2n) is 2.43. The first-order valence-electron chi connectivity index (χ1n) is 3.95. The van der Waals surface area contributed by atoms with Gasteiger partial charge in [-0.3, -0.25) is 0 Å². The SMILES string of the molecule is CCN(CC)c1ncc(C)s1. The molecule has 1 heterocycles. The van der Waals surface area contributed by atoms with Gasteiger partial charge >= 0.3 is 0 Å². The van der Waals surface area contributed by atoms with E-state index in [2.05, 4.69) is 30.7 Å². The van der Waals surface area contributed by atoms with Gasteiger partial charge < -0.3 is 4.90 Å². The molecule has 0 aromatic carbocycles. The predicted octanol–water partition coefficient (Wildman–Crippen LogP) is 2.30. The standard InChI is InChI=1S/C8H14N2S/c1-4-10(5-2)8-9-6-7(3)11-8/h6H,4-5H2,1-3H3. The first kappa shape index (κ1) is 8.53. The van der Waals surface area contributed by atoms with Crippen LogP contribution in [0.4, 0.5) is 5.13 Å². The van der Waals surface area contributed by atoms with Crippen LogP contribution >= 0.6 is 11.3 Å². The maximum atomic E-state index is 4.30. The molecule has 2 nitrogen and oxygen atoms in total. The minimum atomic E-state index is 1.05. The molecule has 0 N–H and O–H groups in total. The smallest absolute Gasteiger partial charge is 0.185 e. The van der Waals surface area contributed by atoms with Gasteiger partial charge in [-0.05, 0) is 20.8 Å². The lowest BCUT2D eigenvalue weighted by molar-refractivity contribution is 0.860. The molecule has 0 fully saturated rings. The van der Waals surface area contributed by atoms with Gasteiger partial charge in [0.1, 0.15) is 0 Å². The zero-order chi connectivity index (χ0) is 8.27. The Kier molecular flexibility index (Phi) is 2.88. The van der Waals surface area contributed by atoms with E-state index in [9.17, 15) is 0 Å². The molecular formula is C8H14N2S. The Morgan fingerprint density at radius 3 is 2.45 bits per heavy atom. The van der Waals surface area contributed by atoms with Crippen LogP contribution in [0, 0.1) is 6.92 Å². The summed E-state index contributed by atoms with van der Waals surface area (Å²) in [4.78, 5) is 7.85. The molecular weight excluding hydrogens is 156 g/mol. The third-order valence-corrected chi connectivity index (χ3v) is 2.62. The second-order valence-corrected chi connectivity index (χ2v) is 3.64. The van der Waals surface area contributed by atoms with Crippen LogP contribution in [0.5, 0.6) is 0 Å². The van der Waals surface area contributed by atoms with Gasteiger partial charge in [0.2, 0.25) is 0 Å². The normalized spacial score (nSPS) is 10.1. The van der Waals surface area contributed by atoms with Crippen LogP contribution in [0.2, 0.25) is 0 Å². The van der Waals surface area contributed by atoms with Crippen LogP contribution in [0.15, 0.2) is 6.20 Å². The van der Waals surface area contributed by atoms with Crippen LogP contribution < -0.4 is 4.90 Å². The highest BCUT2D eigenvalue weighted by atomic mass is 32.1. The monoisotopic (exact) mass is 170 g/mol. The summed E-state index contributed by atoms with van der Waals surface area (Å²) in [7, 11) is 0. The minimum Gasteiger partial charge on any atom is -0.349 e. The largest absolute Gasteiger partial charge is 0.349 e. The molecule has 0 atom stereocenters. The van der Waals surface area contributed by atoms with Crippen molar-refractivity contribution in [3.05, 3.63) is 11.1 Å². The summed E-state index contributed by atoms with van der Waals surface area (Å²) in [6, 6.07) is 0. The number of anilines is 1. The van der Waals surface area contributed by atoms with E-state index in [1.807, 2.05) is 6.20 Å². The lowest BCUT2D eigenvalue weighted by Gasteiger charge is -2.16. The molecule has 0 bridgehead atoms. The molecule has 1 aromatic heterocycles. The topological polar surface area (TPSA) is 16.1 Å². The van der Waals surface area contributed by atoms with Crippen molar-refractivity contribution in [2.24, 2.45) is 0 Å². The van der Waals surface area contributed by atoms with E-state index in [0.29, 0.717) is 0 Å². The van der Waals surface area contributed by atoms with Gasteiger partial charge in [-0.25, -0.2) is 4.98 Å². The summed E-state index contributed by atoms with van der Waals surface area (Å²) >= 11 is 1.76. The Hall–Kier alpha value is -0.570. The van der Waals surface area contributed by atoms with E-state index < -0.39 is 0 Å². The van der Waals surface area contributed by atoms with Gasteiger partial charge in [-0.15, -0.1) is 11.3 Å². The molecule has 0 amide bonds. The van der Waals surface area contributed by atoms with Crippen molar-refractivity contribution < 1.29 is 0 Å². The molecule has 0 saturated carbocycles. The Bertz CT molecular complexity index is 216. The molecule has 0 unspecified atom stereocenters. The second kappa shape index (κ2) is 3.72. The first-order valence-corrected chi connectivity index (χ1v) is 4.77. The maximum Gasteiger partial charge on any atom is 0.185 e. The number of hydrogen-bond acceptors (Lipinski definition) is 3. The van der Waals surface area contributed by atoms with Gasteiger partial charge in [0.05, 0.1) is 0 Å². The Balaban J connectivity index is 2.73. The highest BCUT2D eigenvalue weighted by molar-refractivity contribution is 7.15. The molecule has 0 aliphatic carbocycles. The minimum absolute atomic E-state index is 1.05. The molecule has 0 saturated heterocycles. The highest BCUT2D eigenvalue weighted by Crippen LogP contribution is 2.20. The van der Waals surface area contributed by atoms with Crippen LogP contribution in [0.1, 0.15) is 18.7 Å². The van der Waals surface area contributed by atoms with E-state index in [4.69, 9.17) is 0 Å². The number of rotatable bonds is 3. The van der Waals surface area contributed by atoms with Crippen molar-refractivity contribution in [3.8, 4) is 0 Å². The van der Waals surface area contributed by atoms with Gasteiger partial charge in [0, 0.05) is 24.2 Å². The molecule has 0 spiro atoms. The van der Waals surface area contributed by atoms with Crippen LogP contribution in [-0.2, 0) is 0 Å². The highest BCUT2D eigenvalue weighted by Gasteiger charge is 2.04. The molecule has 0 aliphatic rings. The van der Waals surface area contributed by atoms with E-state index in [0.717, 1.165) is 18.2 Å². The van der Waals surface area contributed by atoms with E-state index >= 15 is 0 Å². The summed E-state index contributed by atoms with van der Waals surface area (Å²) in [5.74, 6) is 0. The molecule has 1 rings (SSSR count). The van der Waals surface area contributed by atoms with Crippen LogP contribution in [0.3, 0.4) is 0 Å². The number of aryl methyl sites for hydroxylation is 1. The van der Waals surface area contributed by atoms with Gasteiger partial charge in [-0.2, -0.15) is 0 Å². The fourth-order valence-electron chi connectivity index (χ4n) is 0.983. The van der Waals surface area contributed by atoms with Crippen molar-refractivity contribution >= 4 is 16.5 Å². The summed E-state index contributed by atoms with van der Waals surface area (Å²) in [5, 5.41) is 1.15. The third-order valence-electron chi connectivity index (χ3n) is 1.64. The van der Waals surface area contributed by atoms with E-state index in [1.165, 1.54) is 4.88 Å². The summed E-state index contributed by atoms with van der Waals surface area (Å²) in [6.45, 7) is 8.48. The van der Waals surface area contributed by atoms with Crippen molar-refractivity contribution in [2.45, 2.75) is 20.8 Å². The van der Waals surface area contributed by atoms with Crippen molar-refractivity contribution in [2.75, 3.05) is 18.0 Å². The van der Waals surface area contributed by atoms with Crippen LogP contribution in [-0.4, -0.2) is 18.1 Å². The predicted molar refractivity (Wildman–Crippen MR) is 50.4 cm³/mol. The quantitative estimate of drug-likeness (QED) is 0.692. The number of aromatic nitrogens is 1. The average molecular weight is 170 g/mol. The fraction of sp³-hybridized carbons (Fsp3) is 0.625. The Morgan fingerprint density at radius 1 is 1.45 bits per heavy atom. The van der Waals surface area contributed by atoms with Crippen molar-refractivity contribution in [3.63, 3.8) is 0 Å². The van der Waals surface area contributed by atoms with Crippen molar-refractivity contribution in [1.82, 2.24) is 4.98 Å². The summed E-state index contributed by atoms with van der Waals surface area (Å²) in [5.41, 5.74) is 0. The molecule has 62 valence electrons. The number of hydrogen-bond donors (Lipinski definition) is 0. The van der Waals surface area contributed by atoms with Gasteiger partial charge in [-0.1, -0.05) is 0 Å². The molecule has 1 aromatic rings. The lowest BCUT2D eigenvalue weighted by atomic mass is 10.6. The molecule has 0 radical (unpaired) electrons. The number of thiazole rings is 1. The first-order chi connectivity index (χ1) is 5.27. The zero-order valence-electron chi connectivity index (χ0n) is 7.29. The molecule has 11 heavy (non-hydrogen) atoms. The van der Waals surface area contributed by atoms with Gasteiger partial charge in [0.15, 0.2) is 5.13 Å². The zero-order valence-corrected chi connectivity index (χ0v) is 8.11.